The first-order chi connectivity index (χ1) is 23.2. The molecule has 5 rings (SSSR count). The number of hydrogen-bond donors (Lipinski definition) is 1. The van der Waals surface area contributed by atoms with Gasteiger partial charge in [0.2, 0.25) is 0 Å². The van der Waals surface area contributed by atoms with E-state index in [9.17, 15) is 52.7 Å². The van der Waals surface area contributed by atoms with Gasteiger partial charge in [0.05, 0.1) is 11.5 Å². The predicted molar refractivity (Wildman–Crippen MR) is 162 cm³/mol. The minimum absolute atomic E-state index is 0.149. The van der Waals surface area contributed by atoms with E-state index in [0.29, 0.717) is 37.1 Å². The number of urea groups is 1. The summed E-state index contributed by atoms with van der Waals surface area (Å²) in [7, 11) is -4.60. The predicted octanol–water partition coefficient (Wildman–Crippen LogP) is 6.95. The number of amides is 2. The largest absolute Gasteiger partial charge is 0.430 e. The van der Waals surface area contributed by atoms with E-state index in [-0.39, 0.29) is 31.6 Å². The lowest BCUT2D eigenvalue weighted by Crippen LogP contribution is -2.56. The maximum Gasteiger partial charge on any atom is 0.430 e. The Labute approximate surface area is 281 Å². The van der Waals surface area contributed by atoms with Gasteiger partial charge in [-0.15, -0.1) is 0 Å². The van der Waals surface area contributed by atoms with Crippen molar-refractivity contribution in [2.75, 3.05) is 26.2 Å². The van der Waals surface area contributed by atoms with Gasteiger partial charge < -0.3 is 20.3 Å². The summed E-state index contributed by atoms with van der Waals surface area (Å²) in [6.45, 7) is -0.0913. The zero-order valence-corrected chi connectivity index (χ0v) is 27.2. The van der Waals surface area contributed by atoms with E-state index in [1.807, 2.05) is 6.92 Å². The molecule has 0 aromatic heterocycles. The zero-order chi connectivity index (χ0) is 36.9. The SMILES string of the molecule is CC1(N)CCN(C(=O)N2CCC(c3ccc(C(OCc4c(F)cccc4F)(C(F)(F)F)C(F)(F)F)cc3)(S(=O)(=O)c3ccc(F)cc3)C2)CC1. The average Bonchev–Trinajstić information content (AvgIpc) is 3.49. The number of nitrogens with two attached hydrogens (primary N) is 1. The highest BCUT2D eigenvalue weighted by Gasteiger charge is 2.73. The van der Waals surface area contributed by atoms with Crippen LogP contribution in [0.2, 0.25) is 0 Å². The molecule has 2 fully saturated rings. The first-order valence-corrected chi connectivity index (χ1v) is 16.8. The van der Waals surface area contributed by atoms with Gasteiger partial charge in [-0.1, -0.05) is 30.3 Å². The minimum atomic E-state index is -6.23. The molecule has 3 aromatic carbocycles. The third kappa shape index (κ3) is 6.54. The molecule has 3 aromatic rings. The molecule has 0 aliphatic carbocycles. The van der Waals surface area contributed by atoms with Crippen LogP contribution in [0.5, 0.6) is 0 Å². The van der Waals surface area contributed by atoms with Crippen LogP contribution in [0.3, 0.4) is 0 Å². The van der Waals surface area contributed by atoms with Crippen molar-refractivity contribution in [3.63, 3.8) is 0 Å². The van der Waals surface area contributed by atoms with Crippen LogP contribution in [0.4, 0.5) is 44.3 Å². The summed E-state index contributed by atoms with van der Waals surface area (Å²) >= 11 is 0. The molecule has 1 unspecified atom stereocenters. The number of benzene rings is 3. The first kappa shape index (κ1) is 37.4. The molecule has 17 heteroatoms. The number of rotatable bonds is 7. The van der Waals surface area contributed by atoms with Gasteiger partial charge >= 0.3 is 18.4 Å². The van der Waals surface area contributed by atoms with E-state index >= 15 is 0 Å². The van der Waals surface area contributed by atoms with Crippen LogP contribution >= 0.6 is 0 Å². The molecule has 0 radical (unpaired) electrons. The smallest absolute Gasteiger partial charge is 0.349 e. The van der Waals surface area contributed by atoms with Gasteiger partial charge in [0.1, 0.15) is 22.2 Å². The molecule has 2 heterocycles. The van der Waals surface area contributed by atoms with Crippen LogP contribution in [0.25, 0.3) is 0 Å². The first-order valence-electron chi connectivity index (χ1n) is 15.3. The molecule has 2 N–H and O–H groups in total. The summed E-state index contributed by atoms with van der Waals surface area (Å²) in [6, 6.07) is 7.55. The number of carbonyl (C=O) groups excluding carboxylic acids is 1. The molecule has 0 spiro atoms. The van der Waals surface area contributed by atoms with E-state index in [2.05, 4.69) is 4.74 Å². The Morgan fingerprint density at radius 2 is 1.32 bits per heavy atom. The Balaban J connectivity index is 1.58. The van der Waals surface area contributed by atoms with Gasteiger partial charge in [-0.05, 0) is 68.1 Å². The Morgan fingerprint density at radius 1 is 0.800 bits per heavy atom. The van der Waals surface area contributed by atoms with Gasteiger partial charge in [0.25, 0.3) is 5.60 Å². The number of likely N-dealkylation sites (tertiary alicyclic amines) is 2. The number of halogens is 9. The molecule has 2 saturated heterocycles. The fourth-order valence-electron chi connectivity index (χ4n) is 6.40. The van der Waals surface area contributed by atoms with Gasteiger partial charge in [-0.25, -0.2) is 26.4 Å². The summed E-state index contributed by atoms with van der Waals surface area (Å²) in [5, 5.41) is 0. The van der Waals surface area contributed by atoms with Crippen LogP contribution in [0.15, 0.2) is 71.6 Å². The van der Waals surface area contributed by atoms with E-state index in [0.717, 1.165) is 42.5 Å². The quantitative estimate of drug-likeness (QED) is 0.210. The lowest BCUT2D eigenvalue weighted by Gasteiger charge is -2.39. The van der Waals surface area contributed by atoms with E-state index < -0.39 is 90.7 Å². The molecule has 2 aliphatic heterocycles. The molecule has 0 bridgehead atoms. The second kappa shape index (κ2) is 13.1. The highest BCUT2D eigenvalue weighted by molar-refractivity contribution is 7.92. The third-order valence-corrected chi connectivity index (χ3v) is 11.9. The summed E-state index contributed by atoms with van der Waals surface area (Å²) in [4.78, 5) is 15.8. The monoisotopic (exact) mass is 737 g/mol. The number of carbonyl (C=O) groups is 1. The number of ether oxygens (including phenoxy) is 1. The van der Waals surface area contributed by atoms with E-state index in [4.69, 9.17) is 5.73 Å². The van der Waals surface area contributed by atoms with Crippen molar-refractivity contribution < 1.29 is 57.5 Å². The normalized spacial score (nSPS) is 20.3. The van der Waals surface area contributed by atoms with Gasteiger partial charge in [0, 0.05) is 42.8 Å². The van der Waals surface area contributed by atoms with Gasteiger partial charge in [0.15, 0.2) is 9.84 Å². The Bertz CT molecular complexity index is 1790. The molecule has 272 valence electrons. The fraction of sp³-hybridized carbons (Fsp3) is 0.424. The molecule has 0 saturated carbocycles. The maximum atomic E-state index is 14.5. The summed E-state index contributed by atoms with van der Waals surface area (Å²) in [5.41, 5.74) is -2.43. The van der Waals surface area contributed by atoms with Crippen molar-refractivity contribution >= 4 is 15.9 Å². The van der Waals surface area contributed by atoms with Crippen LogP contribution in [-0.4, -0.2) is 68.3 Å². The molecular formula is C33H32F9N3O4S. The Kier molecular flexibility index (Phi) is 9.77. The minimum Gasteiger partial charge on any atom is -0.349 e. The number of hydrogen-bond acceptors (Lipinski definition) is 5. The van der Waals surface area contributed by atoms with E-state index in [1.165, 1.54) is 9.80 Å². The summed E-state index contributed by atoms with van der Waals surface area (Å²) < 4.78 is 160. The van der Waals surface area contributed by atoms with Crippen LogP contribution in [-0.2, 0) is 31.5 Å². The Hall–Kier alpha value is -3.83. The molecule has 7 nitrogen and oxygen atoms in total. The van der Waals surface area contributed by atoms with Crippen LogP contribution < -0.4 is 5.73 Å². The second-order valence-electron chi connectivity index (χ2n) is 12.8. The fourth-order valence-corrected chi connectivity index (χ4v) is 8.48. The molecular weight excluding hydrogens is 705 g/mol. The van der Waals surface area contributed by atoms with Gasteiger partial charge in [-0.3, -0.25) is 0 Å². The maximum absolute atomic E-state index is 14.5. The number of piperidine rings is 1. The molecule has 2 amide bonds. The lowest BCUT2D eigenvalue weighted by molar-refractivity contribution is -0.392. The Morgan fingerprint density at radius 3 is 1.84 bits per heavy atom. The second-order valence-corrected chi connectivity index (χ2v) is 15.0. The summed E-state index contributed by atoms with van der Waals surface area (Å²) in [6.07, 6.45) is -11.8. The number of alkyl halides is 6. The molecule has 50 heavy (non-hydrogen) atoms. The highest BCUT2D eigenvalue weighted by Crippen LogP contribution is 2.54. The van der Waals surface area contributed by atoms with Crippen molar-refractivity contribution in [1.82, 2.24) is 9.80 Å². The van der Waals surface area contributed by atoms with Crippen molar-refractivity contribution in [2.45, 2.75) is 65.9 Å². The van der Waals surface area contributed by atoms with Crippen molar-refractivity contribution in [1.29, 1.82) is 0 Å². The lowest BCUT2D eigenvalue weighted by atomic mass is 9.88. The number of nitrogens with zero attached hydrogens (tertiary/aromatic N) is 2. The molecule has 2 aliphatic rings. The van der Waals surface area contributed by atoms with Crippen LogP contribution in [0, 0.1) is 17.5 Å². The average molecular weight is 738 g/mol. The summed E-state index contributed by atoms with van der Waals surface area (Å²) in [5.74, 6) is -3.64. The highest BCUT2D eigenvalue weighted by atomic mass is 32.2. The van der Waals surface area contributed by atoms with Crippen molar-refractivity contribution in [3.05, 3.63) is 101 Å². The zero-order valence-electron chi connectivity index (χ0n) is 26.4. The standard InChI is InChI=1S/C33H32F9N3O4S/c1-29(43)13-16-44(17-14-29)28(46)45-18-15-30(20-45,50(47,48)24-11-9-23(34)10-12-24)21-5-7-22(8-6-21)31(32(37,38)39,33(40,41)42)49-19-25-26(35)3-2-4-27(25)36/h2-12H,13-20,43H2,1H3. The van der Waals surface area contributed by atoms with E-state index in [1.54, 1.807) is 0 Å². The number of sulfone groups is 1. The topological polar surface area (TPSA) is 92.9 Å². The van der Waals surface area contributed by atoms with Gasteiger partial charge in [-0.2, -0.15) is 26.3 Å². The molecule has 1 atom stereocenters. The third-order valence-electron chi connectivity index (χ3n) is 9.43. The van der Waals surface area contributed by atoms with Crippen molar-refractivity contribution in [2.24, 2.45) is 5.73 Å². The van der Waals surface area contributed by atoms with Crippen LogP contribution in [0.1, 0.15) is 42.9 Å². The van der Waals surface area contributed by atoms with Crippen molar-refractivity contribution in [3.8, 4) is 0 Å².